The van der Waals surface area contributed by atoms with E-state index in [4.69, 9.17) is 39.1 Å². The van der Waals surface area contributed by atoms with Crippen LogP contribution in [0.5, 0.6) is 0 Å². The third-order valence-electron chi connectivity index (χ3n) is 16.6. The summed E-state index contributed by atoms with van der Waals surface area (Å²) in [5.74, 6) is -0.405. The zero-order valence-electron chi connectivity index (χ0n) is 61.8. The maximum absolute atomic E-state index is 13.2. The first-order valence-corrected chi connectivity index (χ1v) is 36.6. The maximum atomic E-state index is 13.2. The predicted molar refractivity (Wildman–Crippen MR) is 437 cm³/mol. The Morgan fingerprint density at radius 1 is 0.440 bits per heavy atom. The molecule has 3 radical (unpaired) electrons. The van der Waals surface area contributed by atoms with E-state index in [1.165, 1.54) is 109 Å². The number of aryl methyl sites for hydroxylation is 3. The summed E-state index contributed by atoms with van der Waals surface area (Å²) >= 11 is 5.09. The van der Waals surface area contributed by atoms with Gasteiger partial charge >= 0.3 is 0 Å². The number of rotatable bonds is 9. The molecule has 559 valence electrons. The Kier molecular flexibility index (Phi) is 29.6. The zero-order valence-corrected chi connectivity index (χ0v) is 71.4. The van der Waals surface area contributed by atoms with E-state index in [0.717, 1.165) is 124 Å². The Bertz CT molecular complexity index is 5920. The summed E-state index contributed by atoms with van der Waals surface area (Å²) in [7, 11) is 0. The predicted octanol–water partition coefficient (Wildman–Crippen LogP) is 25.6. The van der Waals surface area contributed by atoms with Gasteiger partial charge in [-0.05, 0) is 148 Å². The molecule has 8 heterocycles. The zero-order chi connectivity index (χ0) is 75.5. The van der Waals surface area contributed by atoms with Crippen molar-refractivity contribution in [2.24, 2.45) is 0 Å². The number of para-hydroxylation sites is 2. The molecule has 0 unspecified atom stereocenters. The minimum Gasteiger partial charge on any atom is -0.512 e. The van der Waals surface area contributed by atoms with Gasteiger partial charge in [-0.1, -0.05) is 183 Å². The summed E-state index contributed by atoms with van der Waals surface area (Å²) in [5, 5.41) is 33.0. The van der Waals surface area contributed by atoms with Gasteiger partial charge in [0.2, 0.25) is 0 Å². The van der Waals surface area contributed by atoms with Gasteiger partial charge < -0.3 is 24.2 Å². The normalized spacial score (nSPS) is 11.3. The quantitative estimate of drug-likeness (QED) is 0.0712. The number of hydrogen-bond acceptors (Lipinski definition) is 14. The monoisotopic (exact) mass is 2030 g/mol. The van der Waals surface area contributed by atoms with Crippen LogP contribution in [0.15, 0.2) is 257 Å². The number of pyridine rings is 3. The summed E-state index contributed by atoms with van der Waals surface area (Å²) in [5.41, 5.74) is 17.6. The molecule has 8 aromatic carbocycles. The van der Waals surface area contributed by atoms with E-state index in [-0.39, 0.29) is 106 Å². The van der Waals surface area contributed by atoms with E-state index in [0.29, 0.717) is 0 Å². The summed E-state index contributed by atoms with van der Waals surface area (Å²) in [4.78, 5) is 51.5. The molecule has 0 aliphatic carbocycles. The Labute approximate surface area is 685 Å². The van der Waals surface area contributed by atoms with Crippen molar-refractivity contribution in [1.82, 2.24) is 15.0 Å². The van der Waals surface area contributed by atoms with Crippen LogP contribution in [0.25, 0.3) is 140 Å². The SMILES string of the molecule is CC(=O)C=C(C)O.CC(=O)C=C(C)O.CC(=O)C=C(C)O.Cc1[c-]c(-c2ccc3cc(-c4ccc(F)cc4)sc3n2)cc(C(C)(C)C)c1.Cc1cccc(C)c1-c1cc2ccc(-c3[c-]ccc4c3oc3ccccc34)nc2s1.[Ir].[Ir].[Ir].[c-]1ccc2c(oc3ccccc32)c1-c1ccc2cc(-c3ccccc3)sc2n1. The molecular formula is C91H77FIr3N3O8S3-3. The number of ketones is 3. The Morgan fingerprint density at radius 2 is 0.835 bits per heavy atom. The number of furan rings is 2. The van der Waals surface area contributed by atoms with Crippen LogP contribution in [0.2, 0.25) is 0 Å². The van der Waals surface area contributed by atoms with Crippen molar-refractivity contribution in [3.8, 4) is 65.1 Å². The van der Waals surface area contributed by atoms with Crippen LogP contribution in [-0.2, 0) is 80.1 Å². The number of thiophene rings is 3. The molecule has 18 heteroatoms. The van der Waals surface area contributed by atoms with Crippen LogP contribution in [0.4, 0.5) is 4.39 Å². The van der Waals surface area contributed by atoms with E-state index in [1.54, 1.807) is 34.0 Å². The molecule has 3 N–H and O–H groups in total. The molecule has 0 bridgehead atoms. The maximum Gasteiger partial charge on any atom is 0.155 e. The number of allylic oxidation sites excluding steroid dienone is 6. The van der Waals surface area contributed by atoms with Crippen molar-refractivity contribution < 1.29 is 103 Å². The molecule has 0 atom stereocenters. The van der Waals surface area contributed by atoms with Crippen molar-refractivity contribution >= 4 is 126 Å². The van der Waals surface area contributed by atoms with Gasteiger partial charge in [0, 0.05) is 120 Å². The third-order valence-corrected chi connectivity index (χ3v) is 19.9. The van der Waals surface area contributed by atoms with Gasteiger partial charge in [-0.25, -0.2) is 4.39 Å². The topological polar surface area (TPSA) is 177 Å². The van der Waals surface area contributed by atoms with Gasteiger partial charge in [-0.3, -0.25) is 29.3 Å². The molecule has 16 rings (SSSR count). The summed E-state index contributed by atoms with van der Waals surface area (Å²) < 4.78 is 25.5. The van der Waals surface area contributed by atoms with Gasteiger partial charge in [0.25, 0.3) is 0 Å². The van der Waals surface area contributed by atoms with Crippen molar-refractivity contribution in [2.45, 2.75) is 88.5 Å². The molecule has 0 aliphatic rings. The first-order chi connectivity index (χ1) is 50.7. The minimum atomic E-state index is -0.218. The molecule has 16 aromatic rings. The molecular weight excluding hydrogens is 1950 g/mol. The van der Waals surface area contributed by atoms with Crippen molar-refractivity contribution in [1.29, 1.82) is 0 Å². The fourth-order valence-corrected chi connectivity index (χ4v) is 15.2. The number of fused-ring (bicyclic) bond motifs is 9. The van der Waals surface area contributed by atoms with Gasteiger partial charge in [0.05, 0.1) is 28.4 Å². The molecule has 0 amide bonds. The van der Waals surface area contributed by atoms with Gasteiger partial charge in [-0.15, -0.1) is 105 Å². The number of benzene rings is 8. The smallest absolute Gasteiger partial charge is 0.155 e. The fraction of sp³-hybridized carbons (Fsp3) is 0.143. The first kappa shape index (κ1) is 84.8. The largest absolute Gasteiger partial charge is 0.512 e. The number of carbonyl (C=O) groups excluding carboxylic acids is 3. The Morgan fingerprint density at radius 3 is 1.26 bits per heavy atom. The van der Waals surface area contributed by atoms with E-state index in [1.807, 2.05) is 66.7 Å². The van der Waals surface area contributed by atoms with Crippen LogP contribution < -0.4 is 0 Å². The molecule has 109 heavy (non-hydrogen) atoms. The summed E-state index contributed by atoms with van der Waals surface area (Å²) in [6, 6.07) is 81.5. The van der Waals surface area contributed by atoms with E-state index < -0.39 is 0 Å². The first-order valence-electron chi connectivity index (χ1n) is 34.2. The Hall–Kier alpha value is -9.80. The van der Waals surface area contributed by atoms with Crippen molar-refractivity contribution in [3.63, 3.8) is 0 Å². The van der Waals surface area contributed by atoms with Crippen LogP contribution in [0.3, 0.4) is 0 Å². The summed E-state index contributed by atoms with van der Waals surface area (Å²) in [6.07, 6.45) is 3.50. The van der Waals surface area contributed by atoms with E-state index >= 15 is 0 Å². The molecule has 0 aliphatic heterocycles. The van der Waals surface area contributed by atoms with Crippen LogP contribution in [0, 0.1) is 44.8 Å². The number of aliphatic hydroxyl groups excluding tert-OH is 3. The van der Waals surface area contributed by atoms with Crippen LogP contribution in [0.1, 0.15) is 84.6 Å². The summed E-state index contributed by atoms with van der Waals surface area (Å²) in [6.45, 7) is 21.6. The van der Waals surface area contributed by atoms with E-state index in [2.05, 4.69) is 193 Å². The third kappa shape index (κ3) is 21.6. The second-order valence-electron chi connectivity index (χ2n) is 26.5. The van der Waals surface area contributed by atoms with Crippen LogP contribution >= 0.6 is 34.0 Å². The van der Waals surface area contributed by atoms with Gasteiger partial charge in [0.1, 0.15) is 31.5 Å². The number of halogens is 1. The second-order valence-corrected chi connectivity index (χ2v) is 29.6. The number of nitrogens with zero attached hydrogens (tertiary/aromatic N) is 3. The van der Waals surface area contributed by atoms with E-state index in [9.17, 15) is 18.8 Å². The standard InChI is InChI=1S/C27H18NOS.C25H14NOS.C24H21FNS.3C5H8O2.3Ir/c1-16-7-5-8-17(2)25(16)24-15-18-13-14-22(28-27(18)30-24)21-11-6-10-20-19-9-3-4-12-23(19)29-26(20)21;1-2-7-16(8-3-1)23-15-17-13-14-21(26-25(17)28-23)20-11-6-10-19-18-9-4-5-12-22(18)27-24(19)20;1-15-11-18(13-19(12-15)24(2,3)4)21-10-7-17-14-22(27-23(17)26-21)16-5-8-20(25)9-6-16;3*1-4(6)3-5(2)7;;;/h3-10,12-15H,1-2H3;1-10,12-15H;5-10,12-14H,1-4H3;3*3,6H,1-2H3;;;/q3*-1;;;;;;. The number of hydrogen-bond donors (Lipinski definition) is 3. The van der Waals surface area contributed by atoms with Crippen LogP contribution in [-0.4, -0.2) is 47.6 Å². The fourth-order valence-electron chi connectivity index (χ4n) is 11.9. The average molecular weight is 2030 g/mol. The minimum absolute atomic E-state index is 0. The van der Waals surface area contributed by atoms with Gasteiger partial charge in [-0.2, -0.15) is 0 Å². The molecule has 0 saturated carbocycles. The van der Waals surface area contributed by atoms with Gasteiger partial charge in [0.15, 0.2) is 17.3 Å². The molecule has 8 aromatic heterocycles. The number of carbonyl (C=O) groups is 3. The number of aliphatic hydroxyl groups is 3. The molecule has 0 saturated heterocycles. The number of aromatic nitrogens is 3. The second kappa shape index (κ2) is 38.0. The van der Waals surface area contributed by atoms with Crippen molar-refractivity contribution in [2.75, 3.05) is 0 Å². The molecule has 0 fully saturated rings. The average Bonchev–Trinajstić information content (AvgIpc) is 1.63. The molecule has 0 spiro atoms. The molecule has 11 nitrogen and oxygen atoms in total. The van der Waals surface area contributed by atoms with Crippen molar-refractivity contribution in [3.05, 3.63) is 294 Å². The Balaban J connectivity index is 0.000000180.